The van der Waals surface area contributed by atoms with E-state index in [9.17, 15) is 4.79 Å². The van der Waals surface area contributed by atoms with E-state index in [0.29, 0.717) is 5.56 Å². The molecule has 0 radical (unpaired) electrons. The van der Waals surface area contributed by atoms with Crippen LogP contribution < -0.4 is 0 Å². The minimum absolute atomic E-state index is 0.0185. The summed E-state index contributed by atoms with van der Waals surface area (Å²) in [4.78, 5) is 17.8. The number of fused-ring (bicyclic) bond motifs is 1. The van der Waals surface area contributed by atoms with Crippen LogP contribution in [0.25, 0.3) is 11.1 Å². The summed E-state index contributed by atoms with van der Waals surface area (Å²) in [5.74, 6) is 0.733. The quantitative estimate of drug-likeness (QED) is 0.833. The van der Waals surface area contributed by atoms with Gasteiger partial charge in [0.25, 0.3) is 5.91 Å². The van der Waals surface area contributed by atoms with Gasteiger partial charge in [-0.2, -0.15) is 0 Å². The van der Waals surface area contributed by atoms with Crippen molar-refractivity contribution in [2.75, 3.05) is 14.1 Å². The monoisotopic (exact) mass is 246 g/mol. The van der Waals surface area contributed by atoms with Gasteiger partial charge in [0.05, 0.1) is 0 Å². The molecular formula is C14H18N2O2. The lowest BCUT2D eigenvalue weighted by Crippen LogP contribution is -2.21. The maximum atomic E-state index is 11.8. The Bertz CT molecular complexity index is 558. The average molecular weight is 246 g/mol. The highest BCUT2D eigenvalue weighted by Crippen LogP contribution is 2.19. The van der Waals surface area contributed by atoms with Gasteiger partial charge in [-0.1, -0.05) is 13.3 Å². The molecule has 4 heteroatoms. The van der Waals surface area contributed by atoms with Crippen molar-refractivity contribution in [3.8, 4) is 0 Å². The Morgan fingerprint density at radius 3 is 2.83 bits per heavy atom. The normalized spacial score (nSPS) is 10.8. The molecule has 1 aromatic carbocycles. The van der Waals surface area contributed by atoms with Gasteiger partial charge >= 0.3 is 0 Å². The van der Waals surface area contributed by atoms with Crippen molar-refractivity contribution in [2.24, 2.45) is 0 Å². The number of aromatic nitrogens is 1. The highest BCUT2D eigenvalue weighted by atomic mass is 16.3. The van der Waals surface area contributed by atoms with Crippen molar-refractivity contribution < 1.29 is 9.21 Å². The lowest BCUT2D eigenvalue weighted by atomic mass is 10.2. The molecule has 1 aromatic heterocycles. The van der Waals surface area contributed by atoms with Gasteiger partial charge in [0.15, 0.2) is 11.5 Å². The maximum absolute atomic E-state index is 11.8. The number of benzene rings is 1. The number of carbonyl (C=O) groups is 1. The third-order valence-electron chi connectivity index (χ3n) is 2.83. The van der Waals surface area contributed by atoms with Gasteiger partial charge in [0.2, 0.25) is 0 Å². The fourth-order valence-electron chi connectivity index (χ4n) is 1.80. The molecule has 0 aliphatic carbocycles. The second-order valence-electron chi connectivity index (χ2n) is 4.59. The van der Waals surface area contributed by atoms with Crippen LogP contribution in [0.2, 0.25) is 0 Å². The van der Waals surface area contributed by atoms with E-state index in [4.69, 9.17) is 4.42 Å². The summed E-state index contributed by atoms with van der Waals surface area (Å²) < 4.78 is 5.63. The first-order chi connectivity index (χ1) is 8.61. The topological polar surface area (TPSA) is 46.3 Å². The summed E-state index contributed by atoms with van der Waals surface area (Å²) in [5, 5.41) is 0. The second-order valence-corrected chi connectivity index (χ2v) is 4.59. The minimum atomic E-state index is -0.0185. The van der Waals surface area contributed by atoms with Crippen LogP contribution in [-0.2, 0) is 6.42 Å². The van der Waals surface area contributed by atoms with Crippen LogP contribution in [0.3, 0.4) is 0 Å². The van der Waals surface area contributed by atoms with Crippen molar-refractivity contribution in [2.45, 2.75) is 26.2 Å². The number of unbranched alkanes of at least 4 members (excludes halogenated alkanes) is 1. The fraction of sp³-hybridized carbons (Fsp3) is 0.429. The number of nitrogens with zero attached hydrogens (tertiary/aromatic N) is 2. The van der Waals surface area contributed by atoms with Crippen molar-refractivity contribution in [3.05, 3.63) is 29.7 Å². The zero-order valence-corrected chi connectivity index (χ0v) is 11.1. The molecule has 2 rings (SSSR count). The SMILES string of the molecule is CCCCc1nc2cc(C(=O)N(C)C)ccc2o1. The third kappa shape index (κ3) is 2.53. The number of hydrogen-bond donors (Lipinski definition) is 0. The molecule has 4 nitrogen and oxygen atoms in total. The van der Waals surface area contributed by atoms with E-state index >= 15 is 0 Å². The predicted molar refractivity (Wildman–Crippen MR) is 70.6 cm³/mol. The Morgan fingerprint density at radius 2 is 2.17 bits per heavy atom. The molecule has 2 aromatic rings. The van der Waals surface area contributed by atoms with Crippen LogP contribution in [0, 0.1) is 0 Å². The number of amides is 1. The van der Waals surface area contributed by atoms with Crippen LogP contribution in [0.5, 0.6) is 0 Å². The largest absolute Gasteiger partial charge is 0.441 e. The molecule has 1 heterocycles. The summed E-state index contributed by atoms with van der Waals surface area (Å²) >= 11 is 0. The van der Waals surface area contributed by atoms with Crippen molar-refractivity contribution in [1.29, 1.82) is 0 Å². The van der Waals surface area contributed by atoms with Gasteiger partial charge in [-0.25, -0.2) is 4.98 Å². The van der Waals surface area contributed by atoms with Gasteiger partial charge in [0.1, 0.15) is 5.52 Å². The molecule has 0 saturated heterocycles. The van der Waals surface area contributed by atoms with E-state index in [-0.39, 0.29) is 5.91 Å². The van der Waals surface area contributed by atoms with E-state index in [1.807, 2.05) is 6.07 Å². The Labute approximate surface area is 107 Å². The lowest BCUT2D eigenvalue weighted by molar-refractivity contribution is 0.0828. The fourth-order valence-corrected chi connectivity index (χ4v) is 1.80. The zero-order valence-electron chi connectivity index (χ0n) is 11.1. The number of aryl methyl sites for hydroxylation is 1. The van der Waals surface area contributed by atoms with Crippen LogP contribution in [0.15, 0.2) is 22.6 Å². The Morgan fingerprint density at radius 1 is 1.39 bits per heavy atom. The lowest BCUT2D eigenvalue weighted by Gasteiger charge is -2.09. The van der Waals surface area contributed by atoms with E-state index in [1.54, 1.807) is 31.1 Å². The molecule has 0 spiro atoms. The molecule has 18 heavy (non-hydrogen) atoms. The number of hydrogen-bond acceptors (Lipinski definition) is 3. The Kier molecular flexibility index (Phi) is 3.65. The number of carbonyl (C=O) groups excluding carboxylic acids is 1. The molecular weight excluding hydrogens is 228 g/mol. The molecule has 0 aliphatic rings. The Hall–Kier alpha value is -1.84. The summed E-state index contributed by atoms with van der Waals surface area (Å²) in [6, 6.07) is 5.38. The third-order valence-corrected chi connectivity index (χ3v) is 2.83. The highest BCUT2D eigenvalue weighted by Gasteiger charge is 2.11. The Balaban J connectivity index is 2.30. The first kappa shape index (κ1) is 12.6. The van der Waals surface area contributed by atoms with Crippen molar-refractivity contribution in [3.63, 3.8) is 0 Å². The van der Waals surface area contributed by atoms with E-state index in [1.165, 1.54) is 0 Å². The predicted octanol–water partition coefficient (Wildman–Crippen LogP) is 2.87. The molecule has 0 saturated carbocycles. The highest BCUT2D eigenvalue weighted by molar-refractivity contribution is 5.96. The smallest absolute Gasteiger partial charge is 0.253 e. The molecule has 0 fully saturated rings. The average Bonchev–Trinajstić information content (AvgIpc) is 2.76. The molecule has 0 N–H and O–H groups in total. The van der Waals surface area contributed by atoms with Crippen molar-refractivity contribution >= 4 is 17.0 Å². The van der Waals surface area contributed by atoms with Crippen LogP contribution in [-0.4, -0.2) is 29.9 Å². The van der Waals surface area contributed by atoms with E-state index < -0.39 is 0 Å². The second kappa shape index (κ2) is 5.21. The molecule has 1 amide bonds. The van der Waals surface area contributed by atoms with Crippen molar-refractivity contribution in [1.82, 2.24) is 9.88 Å². The van der Waals surface area contributed by atoms with E-state index in [2.05, 4.69) is 11.9 Å². The zero-order chi connectivity index (χ0) is 13.1. The van der Waals surface area contributed by atoms with Gasteiger partial charge in [-0.3, -0.25) is 4.79 Å². The molecule has 0 atom stereocenters. The van der Waals surface area contributed by atoms with Crippen LogP contribution >= 0.6 is 0 Å². The summed E-state index contributed by atoms with van der Waals surface area (Å²) in [5.41, 5.74) is 2.15. The van der Waals surface area contributed by atoms with Crippen LogP contribution in [0.1, 0.15) is 36.0 Å². The molecule has 96 valence electrons. The van der Waals surface area contributed by atoms with Gasteiger partial charge < -0.3 is 9.32 Å². The summed E-state index contributed by atoms with van der Waals surface area (Å²) in [7, 11) is 3.48. The van der Waals surface area contributed by atoms with Gasteiger partial charge in [0, 0.05) is 26.1 Å². The van der Waals surface area contributed by atoms with E-state index in [0.717, 1.165) is 36.3 Å². The number of rotatable bonds is 4. The summed E-state index contributed by atoms with van der Waals surface area (Å²) in [6.45, 7) is 2.14. The van der Waals surface area contributed by atoms with Crippen LogP contribution in [0.4, 0.5) is 0 Å². The molecule has 0 aliphatic heterocycles. The summed E-state index contributed by atoms with van der Waals surface area (Å²) in [6.07, 6.45) is 3.03. The van der Waals surface area contributed by atoms with Gasteiger partial charge in [-0.15, -0.1) is 0 Å². The first-order valence-corrected chi connectivity index (χ1v) is 6.23. The minimum Gasteiger partial charge on any atom is -0.441 e. The molecule has 0 unspecified atom stereocenters. The number of oxazole rings is 1. The molecule has 0 bridgehead atoms. The maximum Gasteiger partial charge on any atom is 0.253 e. The first-order valence-electron chi connectivity index (χ1n) is 6.23. The standard InChI is InChI=1S/C14H18N2O2/c1-4-5-6-13-15-11-9-10(14(17)16(2)3)7-8-12(11)18-13/h7-9H,4-6H2,1-3H3. The van der Waals surface area contributed by atoms with Gasteiger partial charge in [-0.05, 0) is 24.6 Å².